The monoisotopic (exact) mass is 403 g/mol. The van der Waals surface area contributed by atoms with Crippen LogP contribution in [0.3, 0.4) is 0 Å². The average Bonchev–Trinajstić information content (AvgIpc) is 3.38. The third-order valence-corrected chi connectivity index (χ3v) is 6.62. The van der Waals surface area contributed by atoms with E-state index in [-0.39, 0.29) is 16.6 Å². The molecule has 146 valence electrons. The van der Waals surface area contributed by atoms with Crippen molar-refractivity contribution in [2.45, 2.75) is 23.8 Å². The summed E-state index contributed by atoms with van der Waals surface area (Å²) in [5.74, 6) is 0.746. The highest BCUT2D eigenvalue weighted by atomic mass is 32.2. The van der Waals surface area contributed by atoms with Gasteiger partial charge in [0, 0.05) is 12.1 Å². The number of aromatic nitrogens is 2. The first-order chi connectivity index (χ1) is 13.5. The molecule has 1 atom stereocenters. The Balaban J connectivity index is 1.62. The van der Waals surface area contributed by atoms with E-state index in [4.69, 9.17) is 9.26 Å². The molecule has 0 spiro atoms. The number of sulfonamides is 1. The summed E-state index contributed by atoms with van der Waals surface area (Å²) >= 11 is 0. The zero-order chi connectivity index (χ0) is 19.7. The number of methoxy groups -OCH3 is 1. The molecule has 0 saturated carbocycles. The van der Waals surface area contributed by atoms with Gasteiger partial charge in [-0.2, -0.15) is 9.29 Å². The van der Waals surface area contributed by atoms with E-state index < -0.39 is 16.1 Å². The van der Waals surface area contributed by atoms with Gasteiger partial charge in [0.05, 0.1) is 12.0 Å². The van der Waals surface area contributed by atoms with Crippen LogP contribution in [-0.4, -0.2) is 36.5 Å². The maximum absolute atomic E-state index is 13.1. The highest BCUT2D eigenvalue weighted by molar-refractivity contribution is 7.89. The van der Waals surface area contributed by atoms with Crippen LogP contribution in [0.4, 0.5) is 4.39 Å². The molecule has 0 N–H and O–H groups in total. The molecule has 1 unspecified atom stereocenters. The van der Waals surface area contributed by atoms with Crippen LogP contribution >= 0.6 is 0 Å². The van der Waals surface area contributed by atoms with Gasteiger partial charge < -0.3 is 9.26 Å². The second-order valence-corrected chi connectivity index (χ2v) is 8.30. The summed E-state index contributed by atoms with van der Waals surface area (Å²) in [5.41, 5.74) is 0.596. The van der Waals surface area contributed by atoms with Crippen molar-refractivity contribution in [2.75, 3.05) is 13.7 Å². The lowest BCUT2D eigenvalue weighted by Gasteiger charge is -2.21. The van der Waals surface area contributed by atoms with E-state index in [9.17, 15) is 12.8 Å². The lowest BCUT2D eigenvalue weighted by Crippen LogP contribution is -2.30. The normalized spacial score (nSPS) is 17.7. The first-order valence-corrected chi connectivity index (χ1v) is 10.2. The highest BCUT2D eigenvalue weighted by Crippen LogP contribution is 2.36. The molecule has 0 aliphatic carbocycles. The van der Waals surface area contributed by atoms with Crippen LogP contribution in [0.15, 0.2) is 57.9 Å². The van der Waals surface area contributed by atoms with Crippen molar-refractivity contribution in [1.29, 1.82) is 0 Å². The van der Waals surface area contributed by atoms with Gasteiger partial charge in [-0.1, -0.05) is 5.16 Å². The minimum absolute atomic E-state index is 0.179. The Morgan fingerprint density at radius 1 is 1.14 bits per heavy atom. The van der Waals surface area contributed by atoms with Crippen LogP contribution in [-0.2, 0) is 10.0 Å². The van der Waals surface area contributed by atoms with Crippen molar-refractivity contribution in [3.8, 4) is 17.1 Å². The summed E-state index contributed by atoms with van der Waals surface area (Å²) in [6, 6.07) is 11.4. The van der Waals surface area contributed by atoms with E-state index >= 15 is 0 Å². The quantitative estimate of drug-likeness (QED) is 0.649. The highest BCUT2D eigenvalue weighted by Gasteiger charge is 2.39. The first-order valence-electron chi connectivity index (χ1n) is 8.74. The predicted octanol–water partition coefficient (Wildman–Crippen LogP) is 3.41. The fourth-order valence-corrected chi connectivity index (χ4v) is 4.90. The summed E-state index contributed by atoms with van der Waals surface area (Å²) in [5, 5.41) is 3.93. The fraction of sp³-hybridized carbons (Fsp3) is 0.263. The number of halogens is 1. The Labute approximate surface area is 161 Å². The van der Waals surface area contributed by atoms with E-state index in [0.717, 1.165) is 0 Å². The second kappa shape index (κ2) is 7.33. The number of hydrogen-bond acceptors (Lipinski definition) is 6. The van der Waals surface area contributed by atoms with E-state index in [2.05, 4.69) is 10.1 Å². The summed E-state index contributed by atoms with van der Waals surface area (Å²) in [6.45, 7) is 0.368. The number of nitrogens with zero attached hydrogens (tertiary/aromatic N) is 3. The zero-order valence-electron chi connectivity index (χ0n) is 15.1. The van der Waals surface area contributed by atoms with Crippen molar-refractivity contribution < 1.29 is 22.1 Å². The summed E-state index contributed by atoms with van der Waals surface area (Å²) < 4.78 is 51.1. The number of rotatable bonds is 5. The molecule has 1 aliphatic heterocycles. The summed E-state index contributed by atoms with van der Waals surface area (Å²) in [4.78, 5) is 4.53. The van der Waals surface area contributed by atoms with Crippen LogP contribution in [0.5, 0.6) is 5.75 Å². The van der Waals surface area contributed by atoms with Gasteiger partial charge in [0.25, 0.3) is 0 Å². The molecule has 1 aromatic heterocycles. The van der Waals surface area contributed by atoms with Gasteiger partial charge in [-0.15, -0.1) is 0 Å². The third-order valence-electron chi connectivity index (χ3n) is 4.70. The Kier molecular flexibility index (Phi) is 4.86. The van der Waals surface area contributed by atoms with Crippen molar-refractivity contribution in [3.05, 3.63) is 60.2 Å². The number of hydrogen-bond donors (Lipinski definition) is 0. The Morgan fingerprint density at radius 2 is 1.86 bits per heavy atom. The van der Waals surface area contributed by atoms with Crippen molar-refractivity contribution in [1.82, 2.24) is 14.4 Å². The lowest BCUT2D eigenvalue weighted by molar-refractivity contribution is 0.290. The van der Waals surface area contributed by atoms with Crippen molar-refractivity contribution in [3.63, 3.8) is 0 Å². The zero-order valence-corrected chi connectivity index (χ0v) is 15.9. The molecule has 4 rings (SSSR count). The van der Waals surface area contributed by atoms with Gasteiger partial charge in [0.15, 0.2) is 0 Å². The third kappa shape index (κ3) is 3.38. The molecule has 0 amide bonds. The maximum Gasteiger partial charge on any atom is 0.245 e. The molecule has 0 bridgehead atoms. The van der Waals surface area contributed by atoms with Gasteiger partial charge in [-0.3, -0.25) is 0 Å². The molecule has 1 fully saturated rings. The maximum atomic E-state index is 13.1. The van der Waals surface area contributed by atoms with Crippen LogP contribution in [0, 0.1) is 5.82 Å². The van der Waals surface area contributed by atoms with Crippen molar-refractivity contribution in [2.24, 2.45) is 0 Å². The van der Waals surface area contributed by atoms with E-state index in [1.807, 2.05) is 0 Å². The van der Waals surface area contributed by atoms with Crippen molar-refractivity contribution >= 4 is 10.0 Å². The second-order valence-electron chi connectivity index (χ2n) is 6.41. The van der Waals surface area contributed by atoms with Crippen LogP contribution in [0.25, 0.3) is 11.4 Å². The Bertz CT molecular complexity index is 1070. The van der Waals surface area contributed by atoms with Crippen LogP contribution < -0.4 is 4.74 Å². The Hall–Kier alpha value is -2.78. The number of ether oxygens (including phenoxy) is 1. The van der Waals surface area contributed by atoms with Crippen LogP contribution in [0.1, 0.15) is 24.8 Å². The smallest absolute Gasteiger partial charge is 0.245 e. The molecular weight excluding hydrogens is 385 g/mol. The van der Waals surface area contributed by atoms with E-state index in [1.165, 1.54) is 35.7 Å². The molecule has 28 heavy (non-hydrogen) atoms. The molecule has 9 heteroatoms. The number of benzene rings is 2. The molecule has 2 aromatic carbocycles. The molecule has 3 aromatic rings. The van der Waals surface area contributed by atoms with E-state index in [0.29, 0.717) is 36.5 Å². The van der Waals surface area contributed by atoms with E-state index in [1.54, 1.807) is 24.3 Å². The molecule has 7 nitrogen and oxygen atoms in total. The molecule has 1 aliphatic rings. The standard InChI is InChI=1S/C19H18FN3O4S/c1-26-15-8-10-16(11-9-15)28(24,25)23-12-2-3-17(23)19-21-18(22-27-19)13-4-6-14(20)7-5-13/h4-11,17H,2-3,12H2,1H3. The molecule has 1 saturated heterocycles. The average molecular weight is 403 g/mol. The lowest BCUT2D eigenvalue weighted by atomic mass is 10.2. The molecular formula is C19H18FN3O4S. The Morgan fingerprint density at radius 3 is 2.54 bits per heavy atom. The van der Waals surface area contributed by atoms with Gasteiger partial charge >= 0.3 is 0 Å². The SMILES string of the molecule is COc1ccc(S(=O)(=O)N2CCCC2c2nc(-c3ccc(F)cc3)no2)cc1. The van der Waals surface area contributed by atoms with Gasteiger partial charge in [-0.25, -0.2) is 12.8 Å². The molecule has 2 heterocycles. The van der Waals surface area contributed by atoms with Gasteiger partial charge in [0.1, 0.15) is 17.6 Å². The fourth-order valence-electron chi connectivity index (χ4n) is 3.24. The van der Waals surface area contributed by atoms with Gasteiger partial charge in [-0.05, 0) is 61.4 Å². The largest absolute Gasteiger partial charge is 0.497 e. The predicted molar refractivity (Wildman–Crippen MR) is 98.6 cm³/mol. The summed E-state index contributed by atoms with van der Waals surface area (Å²) in [7, 11) is -2.20. The topological polar surface area (TPSA) is 85.5 Å². The minimum Gasteiger partial charge on any atom is -0.497 e. The summed E-state index contributed by atoms with van der Waals surface area (Å²) in [6.07, 6.45) is 1.27. The first kappa shape index (κ1) is 18.6. The minimum atomic E-state index is -3.72. The van der Waals surface area contributed by atoms with Gasteiger partial charge in [0.2, 0.25) is 21.7 Å². The van der Waals surface area contributed by atoms with Crippen LogP contribution in [0.2, 0.25) is 0 Å². The molecule has 0 radical (unpaired) electrons.